The normalized spacial score (nSPS) is 20.2. The van der Waals surface area contributed by atoms with Gasteiger partial charge in [0.15, 0.2) is 0 Å². The highest BCUT2D eigenvalue weighted by Crippen LogP contribution is 2.11. The van der Waals surface area contributed by atoms with E-state index < -0.39 is 15.8 Å². The first-order valence-electron chi connectivity index (χ1n) is 6.06. The maximum Gasteiger partial charge on any atom is 0.240 e. The summed E-state index contributed by atoms with van der Waals surface area (Å²) in [6.45, 7) is 1.41. The predicted molar refractivity (Wildman–Crippen MR) is 67.2 cm³/mol. The second kappa shape index (κ2) is 5.77. The van der Waals surface area contributed by atoms with Crippen molar-refractivity contribution >= 4 is 10.0 Å². The number of benzene rings is 1. The van der Waals surface area contributed by atoms with Crippen molar-refractivity contribution < 1.29 is 12.8 Å². The molecule has 2 rings (SSSR count). The molecule has 1 heterocycles. The zero-order chi connectivity index (χ0) is 13.0. The van der Waals surface area contributed by atoms with E-state index in [9.17, 15) is 12.8 Å². The Morgan fingerprint density at radius 3 is 2.67 bits per heavy atom. The summed E-state index contributed by atoms with van der Waals surface area (Å²) in [5, 5.41) is 3.31. The van der Waals surface area contributed by atoms with Gasteiger partial charge in [0.05, 0.1) is 4.90 Å². The highest BCUT2D eigenvalue weighted by molar-refractivity contribution is 7.89. The lowest BCUT2D eigenvalue weighted by Gasteiger charge is -2.11. The quantitative estimate of drug-likeness (QED) is 0.848. The van der Waals surface area contributed by atoms with Gasteiger partial charge in [-0.15, -0.1) is 0 Å². The van der Waals surface area contributed by atoms with Gasteiger partial charge in [-0.2, -0.15) is 0 Å². The summed E-state index contributed by atoms with van der Waals surface area (Å²) in [6.07, 6.45) is 3.02. The fourth-order valence-electron chi connectivity index (χ4n) is 2.07. The number of rotatable bonds is 5. The van der Waals surface area contributed by atoms with Gasteiger partial charge in [0, 0.05) is 12.6 Å². The van der Waals surface area contributed by atoms with Crippen LogP contribution in [-0.2, 0) is 10.0 Å². The average Bonchev–Trinajstić information content (AvgIpc) is 2.82. The molecule has 0 saturated carbocycles. The monoisotopic (exact) mass is 272 g/mol. The second-order valence-corrected chi connectivity index (χ2v) is 6.20. The van der Waals surface area contributed by atoms with Crippen molar-refractivity contribution in [3.8, 4) is 0 Å². The largest absolute Gasteiger partial charge is 0.314 e. The van der Waals surface area contributed by atoms with Crippen LogP contribution in [0.4, 0.5) is 4.39 Å². The Morgan fingerprint density at radius 1 is 1.33 bits per heavy atom. The Labute approximate surface area is 107 Å². The molecule has 0 radical (unpaired) electrons. The van der Waals surface area contributed by atoms with Crippen LogP contribution in [0.1, 0.15) is 19.3 Å². The second-order valence-electron chi connectivity index (χ2n) is 4.43. The van der Waals surface area contributed by atoms with Crippen LogP contribution in [0, 0.1) is 5.82 Å². The highest BCUT2D eigenvalue weighted by atomic mass is 32.2. The highest BCUT2D eigenvalue weighted by Gasteiger charge is 2.17. The first-order chi connectivity index (χ1) is 8.58. The van der Waals surface area contributed by atoms with E-state index in [0.29, 0.717) is 12.6 Å². The molecular weight excluding hydrogens is 255 g/mol. The molecule has 0 aliphatic carbocycles. The molecule has 1 saturated heterocycles. The molecule has 4 nitrogen and oxygen atoms in total. The van der Waals surface area contributed by atoms with E-state index in [1.54, 1.807) is 0 Å². The minimum Gasteiger partial charge on any atom is -0.314 e. The van der Waals surface area contributed by atoms with Crippen molar-refractivity contribution in [2.75, 3.05) is 13.1 Å². The van der Waals surface area contributed by atoms with E-state index in [0.717, 1.165) is 37.9 Å². The van der Waals surface area contributed by atoms with E-state index in [1.807, 2.05) is 0 Å². The first kappa shape index (κ1) is 13.5. The number of hydrogen-bond donors (Lipinski definition) is 2. The molecule has 1 aliphatic rings. The molecule has 100 valence electrons. The van der Waals surface area contributed by atoms with Crippen LogP contribution < -0.4 is 10.0 Å². The number of hydrogen-bond acceptors (Lipinski definition) is 3. The van der Waals surface area contributed by atoms with Crippen LogP contribution in [0.25, 0.3) is 0 Å². The fourth-order valence-corrected chi connectivity index (χ4v) is 3.12. The van der Waals surface area contributed by atoms with Gasteiger partial charge in [-0.3, -0.25) is 0 Å². The molecule has 1 unspecified atom stereocenters. The summed E-state index contributed by atoms with van der Waals surface area (Å²) in [7, 11) is -3.51. The van der Waals surface area contributed by atoms with Crippen molar-refractivity contribution in [2.24, 2.45) is 0 Å². The lowest BCUT2D eigenvalue weighted by atomic mass is 10.2. The van der Waals surface area contributed by atoms with Gasteiger partial charge in [0.2, 0.25) is 10.0 Å². The van der Waals surface area contributed by atoms with Crippen LogP contribution in [-0.4, -0.2) is 27.5 Å². The molecule has 2 N–H and O–H groups in total. The zero-order valence-electron chi connectivity index (χ0n) is 10.0. The number of sulfonamides is 1. The standard InChI is InChI=1S/C12H17FN2O2S/c13-10-3-5-12(6-4-10)18(16,17)15-9-7-11-2-1-8-14-11/h3-6,11,14-15H,1-2,7-9H2. The number of halogens is 1. The smallest absolute Gasteiger partial charge is 0.240 e. The first-order valence-corrected chi connectivity index (χ1v) is 7.55. The molecule has 1 fully saturated rings. The van der Waals surface area contributed by atoms with E-state index in [4.69, 9.17) is 0 Å². The summed E-state index contributed by atoms with van der Waals surface area (Å²) in [6, 6.07) is 5.23. The molecule has 6 heteroatoms. The summed E-state index contributed by atoms with van der Waals surface area (Å²) in [5.74, 6) is -0.441. The maximum absolute atomic E-state index is 12.7. The van der Waals surface area contributed by atoms with Gasteiger partial charge in [0.25, 0.3) is 0 Å². The summed E-state index contributed by atoms with van der Waals surface area (Å²) >= 11 is 0. The van der Waals surface area contributed by atoms with Crippen LogP contribution in [0.15, 0.2) is 29.2 Å². The third-order valence-electron chi connectivity index (χ3n) is 3.07. The Hall–Kier alpha value is -0.980. The summed E-state index contributed by atoms with van der Waals surface area (Å²) in [5.41, 5.74) is 0. The van der Waals surface area contributed by atoms with Gasteiger partial charge in [-0.05, 0) is 50.1 Å². The van der Waals surface area contributed by atoms with Gasteiger partial charge < -0.3 is 5.32 Å². The predicted octanol–water partition coefficient (Wildman–Crippen LogP) is 1.25. The topological polar surface area (TPSA) is 58.2 Å². The van der Waals surface area contributed by atoms with E-state index in [1.165, 1.54) is 12.1 Å². The lowest BCUT2D eigenvalue weighted by Crippen LogP contribution is -2.30. The molecule has 0 spiro atoms. The fraction of sp³-hybridized carbons (Fsp3) is 0.500. The van der Waals surface area contributed by atoms with Crippen LogP contribution >= 0.6 is 0 Å². The van der Waals surface area contributed by atoms with E-state index in [-0.39, 0.29) is 4.90 Å². The Kier molecular flexibility index (Phi) is 4.31. The molecule has 1 aromatic rings. The number of nitrogens with one attached hydrogen (secondary N) is 2. The molecule has 1 aliphatic heterocycles. The SMILES string of the molecule is O=S(=O)(NCCC1CCCN1)c1ccc(F)cc1. The summed E-state index contributed by atoms with van der Waals surface area (Å²) < 4.78 is 39.0. The lowest BCUT2D eigenvalue weighted by molar-refractivity contribution is 0.539. The Morgan fingerprint density at radius 2 is 2.06 bits per heavy atom. The minimum absolute atomic E-state index is 0.100. The Bertz CT molecular complexity index is 481. The van der Waals surface area contributed by atoms with Crippen molar-refractivity contribution in [1.29, 1.82) is 0 Å². The third-order valence-corrected chi connectivity index (χ3v) is 4.55. The van der Waals surface area contributed by atoms with Gasteiger partial charge in [-0.25, -0.2) is 17.5 Å². The van der Waals surface area contributed by atoms with Crippen molar-refractivity contribution in [3.05, 3.63) is 30.1 Å². The summed E-state index contributed by atoms with van der Waals surface area (Å²) in [4.78, 5) is 0.100. The van der Waals surface area contributed by atoms with Crippen molar-refractivity contribution in [2.45, 2.75) is 30.2 Å². The van der Waals surface area contributed by atoms with Crippen LogP contribution in [0.2, 0.25) is 0 Å². The minimum atomic E-state index is -3.51. The molecule has 0 aromatic heterocycles. The van der Waals surface area contributed by atoms with Crippen LogP contribution in [0.3, 0.4) is 0 Å². The molecule has 1 aromatic carbocycles. The Balaban J connectivity index is 1.88. The maximum atomic E-state index is 12.7. The van der Waals surface area contributed by atoms with Crippen molar-refractivity contribution in [3.63, 3.8) is 0 Å². The van der Waals surface area contributed by atoms with Gasteiger partial charge in [0.1, 0.15) is 5.82 Å². The van der Waals surface area contributed by atoms with E-state index >= 15 is 0 Å². The molecule has 0 bridgehead atoms. The van der Waals surface area contributed by atoms with Gasteiger partial charge >= 0.3 is 0 Å². The van der Waals surface area contributed by atoms with E-state index in [2.05, 4.69) is 10.0 Å². The van der Waals surface area contributed by atoms with Gasteiger partial charge in [-0.1, -0.05) is 0 Å². The van der Waals surface area contributed by atoms with Crippen LogP contribution in [0.5, 0.6) is 0 Å². The van der Waals surface area contributed by atoms with Crippen molar-refractivity contribution in [1.82, 2.24) is 10.0 Å². The third kappa shape index (κ3) is 3.51. The average molecular weight is 272 g/mol. The molecular formula is C12H17FN2O2S. The zero-order valence-corrected chi connectivity index (χ0v) is 10.8. The molecule has 0 amide bonds. The molecule has 18 heavy (non-hydrogen) atoms. The molecule has 1 atom stereocenters.